The monoisotopic (exact) mass is 338 g/mol. The van der Waals surface area contributed by atoms with Crippen LogP contribution < -0.4 is 5.32 Å². The summed E-state index contributed by atoms with van der Waals surface area (Å²) in [7, 11) is 0. The molecule has 1 aromatic heterocycles. The van der Waals surface area contributed by atoms with Gasteiger partial charge in [-0.2, -0.15) is 0 Å². The molecule has 1 saturated heterocycles. The van der Waals surface area contributed by atoms with E-state index in [0.29, 0.717) is 11.2 Å². The molecule has 7 heteroatoms. The second-order valence-corrected chi connectivity index (χ2v) is 7.01. The van der Waals surface area contributed by atoms with Crippen molar-refractivity contribution in [3.63, 3.8) is 0 Å². The Bertz CT molecular complexity index is 532. The Morgan fingerprint density at radius 3 is 2.83 bits per heavy atom. The molecule has 0 saturated carbocycles. The van der Waals surface area contributed by atoms with E-state index in [2.05, 4.69) is 29.4 Å². The first kappa shape index (κ1) is 17.8. The van der Waals surface area contributed by atoms with E-state index in [1.54, 1.807) is 0 Å². The van der Waals surface area contributed by atoms with Crippen molar-refractivity contribution < 1.29 is 9.59 Å². The van der Waals surface area contributed by atoms with Crippen molar-refractivity contribution in [2.24, 2.45) is 0 Å². The van der Waals surface area contributed by atoms with Gasteiger partial charge < -0.3 is 10.2 Å². The summed E-state index contributed by atoms with van der Waals surface area (Å²) in [6, 6.07) is 0.346. The van der Waals surface area contributed by atoms with E-state index in [9.17, 15) is 9.59 Å². The minimum absolute atomic E-state index is 0.0932. The topological polar surface area (TPSA) is 75.2 Å². The highest BCUT2D eigenvalue weighted by molar-refractivity contribution is 7.15. The van der Waals surface area contributed by atoms with Crippen LogP contribution in [0.5, 0.6) is 0 Å². The van der Waals surface area contributed by atoms with E-state index >= 15 is 0 Å². The molecule has 2 rings (SSSR count). The summed E-state index contributed by atoms with van der Waals surface area (Å²) in [5.74, 6) is -0.0711. The number of carbonyl (C=O) groups is 2. The Morgan fingerprint density at radius 2 is 2.09 bits per heavy atom. The third kappa shape index (κ3) is 5.27. The zero-order valence-electron chi connectivity index (χ0n) is 14.0. The normalized spacial score (nSPS) is 18.0. The number of anilines is 1. The van der Waals surface area contributed by atoms with Crippen LogP contribution in [-0.2, 0) is 16.0 Å². The molecular formula is C16H26N4O2S. The van der Waals surface area contributed by atoms with Crippen LogP contribution in [0.15, 0.2) is 0 Å². The van der Waals surface area contributed by atoms with Crippen LogP contribution in [0.3, 0.4) is 0 Å². The first-order valence-corrected chi connectivity index (χ1v) is 9.37. The first-order chi connectivity index (χ1) is 11.1. The Balaban J connectivity index is 1.77. The van der Waals surface area contributed by atoms with E-state index in [0.717, 1.165) is 43.7 Å². The second kappa shape index (κ2) is 8.96. The van der Waals surface area contributed by atoms with Crippen molar-refractivity contribution in [1.82, 2.24) is 15.1 Å². The molecule has 1 N–H and O–H groups in total. The van der Waals surface area contributed by atoms with Gasteiger partial charge in [0, 0.05) is 31.8 Å². The van der Waals surface area contributed by atoms with Crippen molar-refractivity contribution in [2.45, 2.75) is 71.3 Å². The highest BCUT2D eigenvalue weighted by Gasteiger charge is 2.25. The highest BCUT2D eigenvalue weighted by atomic mass is 32.1. The van der Waals surface area contributed by atoms with Gasteiger partial charge in [-0.3, -0.25) is 9.59 Å². The van der Waals surface area contributed by atoms with Gasteiger partial charge in [0.15, 0.2) is 0 Å². The predicted molar refractivity (Wildman–Crippen MR) is 91.4 cm³/mol. The third-order valence-corrected chi connectivity index (χ3v) is 5.06. The summed E-state index contributed by atoms with van der Waals surface area (Å²) in [5, 5.41) is 12.2. The van der Waals surface area contributed by atoms with Gasteiger partial charge in [0.05, 0.1) is 0 Å². The number of aromatic nitrogens is 2. The van der Waals surface area contributed by atoms with Crippen molar-refractivity contribution in [2.75, 3.05) is 11.9 Å². The lowest BCUT2D eigenvalue weighted by Gasteiger charge is -2.35. The zero-order valence-corrected chi connectivity index (χ0v) is 14.8. The fraction of sp³-hybridized carbons (Fsp3) is 0.750. The maximum absolute atomic E-state index is 12.3. The lowest BCUT2D eigenvalue weighted by atomic mass is 9.99. The van der Waals surface area contributed by atoms with E-state index in [1.807, 2.05) is 4.90 Å². The SMILES string of the molecule is CCCc1nnc(NC(=O)CCC(=O)N2CCCC[C@@H]2CC)s1. The molecule has 1 fully saturated rings. The molecule has 128 valence electrons. The summed E-state index contributed by atoms with van der Waals surface area (Å²) < 4.78 is 0. The van der Waals surface area contributed by atoms with Gasteiger partial charge in [-0.1, -0.05) is 25.2 Å². The number of likely N-dealkylation sites (tertiary alicyclic amines) is 1. The fourth-order valence-electron chi connectivity index (χ4n) is 2.92. The van der Waals surface area contributed by atoms with E-state index < -0.39 is 0 Å². The maximum Gasteiger partial charge on any atom is 0.226 e. The number of nitrogens with one attached hydrogen (secondary N) is 1. The molecule has 0 aromatic carbocycles. The van der Waals surface area contributed by atoms with Gasteiger partial charge >= 0.3 is 0 Å². The fourth-order valence-corrected chi connectivity index (χ4v) is 3.78. The molecule has 1 aliphatic heterocycles. The number of hydrogen-bond donors (Lipinski definition) is 1. The van der Waals surface area contributed by atoms with Crippen LogP contribution in [0.4, 0.5) is 5.13 Å². The highest BCUT2D eigenvalue weighted by Crippen LogP contribution is 2.21. The lowest BCUT2D eigenvalue weighted by Crippen LogP contribution is -2.43. The molecule has 0 aliphatic carbocycles. The molecule has 6 nitrogen and oxygen atoms in total. The Kier molecular flexibility index (Phi) is 6.95. The number of amides is 2. The largest absolute Gasteiger partial charge is 0.340 e. The van der Waals surface area contributed by atoms with Gasteiger partial charge in [-0.05, 0) is 32.1 Å². The maximum atomic E-state index is 12.3. The van der Waals surface area contributed by atoms with E-state index in [1.165, 1.54) is 17.8 Å². The van der Waals surface area contributed by atoms with Crippen molar-refractivity contribution in [3.8, 4) is 0 Å². The summed E-state index contributed by atoms with van der Waals surface area (Å²) in [6.45, 7) is 5.03. The van der Waals surface area contributed by atoms with Crippen LogP contribution >= 0.6 is 11.3 Å². The standard InChI is InChI=1S/C16H26N4O2S/c1-3-7-14-18-19-16(23-14)17-13(21)9-10-15(22)20-11-6-5-8-12(20)4-2/h12H,3-11H2,1-2H3,(H,17,19,21)/t12-/m0/s1. The molecule has 0 radical (unpaired) electrons. The summed E-state index contributed by atoms with van der Waals surface area (Å²) in [6.07, 6.45) is 6.68. The quantitative estimate of drug-likeness (QED) is 0.829. The molecule has 1 aromatic rings. The number of carbonyl (C=O) groups excluding carboxylic acids is 2. The number of hydrogen-bond acceptors (Lipinski definition) is 5. The summed E-state index contributed by atoms with van der Waals surface area (Å²) in [5.41, 5.74) is 0. The molecule has 0 bridgehead atoms. The van der Waals surface area contributed by atoms with Gasteiger partial charge in [-0.15, -0.1) is 10.2 Å². The van der Waals surface area contributed by atoms with Crippen LogP contribution in [0, 0.1) is 0 Å². The van der Waals surface area contributed by atoms with Gasteiger partial charge in [-0.25, -0.2) is 0 Å². The minimum Gasteiger partial charge on any atom is -0.340 e. The van der Waals surface area contributed by atoms with Gasteiger partial charge in [0.1, 0.15) is 5.01 Å². The average molecular weight is 338 g/mol. The van der Waals surface area contributed by atoms with Crippen molar-refractivity contribution in [3.05, 3.63) is 5.01 Å². The average Bonchev–Trinajstić information content (AvgIpc) is 3.00. The third-order valence-electron chi connectivity index (χ3n) is 4.16. The number of aryl methyl sites for hydroxylation is 1. The van der Waals surface area contributed by atoms with Gasteiger partial charge in [0.2, 0.25) is 16.9 Å². The Labute approximate surface area is 141 Å². The van der Waals surface area contributed by atoms with Crippen LogP contribution in [0.25, 0.3) is 0 Å². The Morgan fingerprint density at radius 1 is 1.26 bits per heavy atom. The zero-order chi connectivity index (χ0) is 16.7. The minimum atomic E-state index is -0.164. The van der Waals surface area contributed by atoms with Crippen molar-refractivity contribution in [1.29, 1.82) is 0 Å². The number of piperidine rings is 1. The predicted octanol–water partition coefficient (Wildman–Crippen LogP) is 3.00. The van der Waals surface area contributed by atoms with E-state index in [4.69, 9.17) is 0 Å². The molecular weight excluding hydrogens is 312 g/mol. The molecule has 0 spiro atoms. The Hall–Kier alpha value is -1.50. The van der Waals surface area contributed by atoms with Crippen molar-refractivity contribution >= 4 is 28.3 Å². The van der Waals surface area contributed by atoms with Crippen LogP contribution in [0.2, 0.25) is 0 Å². The number of rotatable bonds is 7. The summed E-state index contributed by atoms with van der Waals surface area (Å²) in [4.78, 5) is 26.3. The smallest absolute Gasteiger partial charge is 0.226 e. The lowest BCUT2D eigenvalue weighted by molar-refractivity contribution is -0.136. The molecule has 1 aliphatic rings. The summed E-state index contributed by atoms with van der Waals surface area (Å²) >= 11 is 1.40. The molecule has 2 amide bonds. The second-order valence-electron chi connectivity index (χ2n) is 5.94. The molecule has 2 heterocycles. The molecule has 1 atom stereocenters. The molecule has 0 unspecified atom stereocenters. The molecule has 23 heavy (non-hydrogen) atoms. The number of nitrogens with zero attached hydrogens (tertiary/aromatic N) is 3. The van der Waals surface area contributed by atoms with E-state index in [-0.39, 0.29) is 24.7 Å². The van der Waals surface area contributed by atoms with Crippen LogP contribution in [0.1, 0.15) is 63.8 Å². The van der Waals surface area contributed by atoms with Gasteiger partial charge in [0.25, 0.3) is 0 Å². The first-order valence-electron chi connectivity index (χ1n) is 8.55. The van der Waals surface area contributed by atoms with Crippen LogP contribution in [-0.4, -0.2) is 39.5 Å².